The number of rotatable bonds is 4. The Morgan fingerprint density at radius 2 is 1.71 bits per heavy atom. The predicted molar refractivity (Wildman–Crippen MR) is 125 cm³/mol. The number of H-pyrrole nitrogens is 1. The van der Waals surface area contributed by atoms with Crippen LogP contribution in [0.25, 0.3) is 10.8 Å². The minimum atomic E-state index is -3.09. The van der Waals surface area contributed by atoms with Gasteiger partial charge >= 0.3 is 0 Å². The Morgan fingerprint density at radius 3 is 2.44 bits per heavy atom. The number of aromatic amines is 1. The molecule has 1 aliphatic rings. The van der Waals surface area contributed by atoms with Crippen molar-refractivity contribution in [3.05, 3.63) is 93.8 Å². The topological polar surface area (TPSA) is 79.0 Å². The van der Waals surface area contributed by atoms with Crippen molar-refractivity contribution >= 4 is 29.0 Å². The summed E-state index contributed by atoms with van der Waals surface area (Å²) in [6.07, 6.45) is 1.54. The van der Waals surface area contributed by atoms with Crippen molar-refractivity contribution < 1.29 is 17.7 Å². The van der Waals surface area contributed by atoms with E-state index in [1.807, 2.05) is 6.07 Å². The fourth-order valence-electron chi connectivity index (χ4n) is 4.36. The van der Waals surface area contributed by atoms with Crippen LogP contribution in [0.4, 0.5) is 19.0 Å². The standard InChI is InChI=1S/C24H20F3N4O2P/c25-16-13-20(27)23(28-14-16)31-7-9-34(33,10-8-31)22-12-15(5-6-19(22)26)11-21-17-3-1-2-4-18(17)24(32)30-29-21/h1-6,12-14H,7-11H2,(H,30,32). The van der Waals surface area contributed by atoms with E-state index in [1.54, 1.807) is 35.2 Å². The van der Waals surface area contributed by atoms with Crippen molar-refractivity contribution in [3.63, 3.8) is 0 Å². The van der Waals surface area contributed by atoms with Crippen LogP contribution < -0.4 is 15.8 Å². The summed E-state index contributed by atoms with van der Waals surface area (Å²) in [4.78, 5) is 17.5. The van der Waals surface area contributed by atoms with Gasteiger partial charge in [-0.25, -0.2) is 23.3 Å². The Balaban J connectivity index is 1.41. The molecular weight excluding hydrogens is 464 g/mol. The third-order valence-electron chi connectivity index (χ3n) is 6.15. The van der Waals surface area contributed by atoms with E-state index >= 15 is 0 Å². The molecule has 0 bridgehead atoms. The highest BCUT2D eigenvalue weighted by Gasteiger charge is 2.34. The number of hydrogen-bond donors (Lipinski definition) is 1. The molecule has 4 aromatic rings. The Kier molecular flexibility index (Phi) is 5.73. The third kappa shape index (κ3) is 4.12. The normalized spacial score (nSPS) is 15.6. The van der Waals surface area contributed by atoms with Crippen LogP contribution in [0.5, 0.6) is 0 Å². The van der Waals surface area contributed by atoms with E-state index in [0.717, 1.165) is 12.3 Å². The molecule has 3 heterocycles. The largest absolute Gasteiger partial charge is 0.353 e. The van der Waals surface area contributed by atoms with Gasteiger partial charge in [0.2, 0.25) is 0 Å². The number of anilines is 1. The molecule has 5 rings (SSSR count). The Morgan fingerprint density at radius 1 is 0.971 bits per heavy atom. The molecule has 2 aromatic heterocycles. The van der Waals surface area contributed by atoms with Crippen LogP contribution in [-0.2, 0) is 11.0 Å². The molecule has 0 aliphatic carbocycles. The zero-order chi connectivity index (χ0) is 23.9. The van der Waals surface area contributed by atoms with Crippen LogP contribution >= 0.6 is 7.14 Å². The van der Waals surface area contributed by atoms with Crippen molar-refractivity contribution in [2.24, 2.45) is 0 Å². The van der Waals surface area contributed by atoms with E-state index in [1.165, 1.54) is 6.07 Å². The van der Waals surface area contributed by atoms with Crippen LogP contribution in [0.15, 0.2) is 59.5 Å². The molecule has 0 unspecified atom stereocenters. The number of fused-ring (bicyclic) bond motifs is 1. The molecule has 1 saturated heterocycles. The van der Waals surface area contributed by atoms with E-state index in [-0.39, 0.29) is 42.1 Å². The fourth-order valence-corrected chi connectivity index (χ4v) is 7.06. The Labute approximate surface area is 192 Å². The first-order valence-corrected chi connectivity index (χ1v) is 12.8. The lowest BCUT2D eigenvalue weighted by Crippen LogP contribution is -2.38. The summed E-state index contributed by atoms with van der Waals surface area (Å²) < 4.78 is 55.8. The van der Waals surface area contributed by atoms with Gasteiger partial charge in [-0.3, -0.25) is 4.79 Å². The van der Waals surface area contributed by atoms with E-state index in [9.17, 15) is 22.5 Å². The zero-order valence-electron chi connectivity index (χ0n) is 18.0. The van der Waals surface area contributed by atoms with E-state index in [2.05, 4.69) is 15.2 Å². The molecule has 174 valence electrons. The maximum atomic E-state index is 14.8. The second-order valence-electron chi connectivity index (χ2n) is 8.29. The number of pyridine rings is 1. The quantitative estimate of drug-likeness (QED) is 0.446. The summed E-state index contributed by atoms with van der Waals surface area (Å²) >= 11 is 0. The van der Waals surface area contributed by atoms with Gasteiger partial charge < -0.3 is 9.46 Å². The average molecular weight is 484 g/mol. The van der Waals surface area contributed by atoms with Crippen LogP contribution in [0.2, 0.25) is 0 Å². The highest BCUT2D eigenvalue weighted by atomic mass is 31.2. The first-order valence-electron chi connectivity index (χ1n) is 10.7. The molecule has 1 aliphatic heterocycles. The fraction of sp³-hybridized carbons (Fsp3) is 0.208. The molecule has 0 radical (unpaired) electrons. The van der Waals surface area contributed by atoms with E-state index < -0.39 is 24.6 Å². The van der Waals surface area contributed by atoms with Gasteiger partial charge in [0.15, 0.2) is 11.6 Å². The van der Waals surface area contributed by atoms with Gasteiger partial charge in [-0.2, -0.15) is 5.10 Å². The molecule has 2 aromatic carbocycles. The lowest BCUT2D eigenvalue weighted by atomic mass is 10.0. The lowest BCUT2D eigenvalue weighted by Gasteiger charge is -2.33. The molecule has 34 heavy (non-hydrogen) atoms. The van der Waals surface area contributed by atoms with E-state index in [0.29, 0.717) is 28.5 Å². The van der Waals surface area contributed by atoms with E-state index in [4.69, 9.17) is 0 Å². The number of halogens is 3. The summed E-state index contributed by atoms with van der Waals surface area (Å²) in [5.74, 6) is -2.11. The maximum Gasteiger partial charge on any atom is 0.272 e. The number of aromatic nitrogens is 3. The second-order valence-corrected chi connectivity index (χ2v) is 11.4. The van der Waals surface area contributed by atoms with Crippen LogP contribution in [0.1, 0.15) is 11.3 Å². The molecule has 1 fully saturated rings. The van der Waals surface area contributed by atoms with Gasteiger partial charge in [0.1, 0.15) is 18.8 Å². The average Bonchev–Trinajstić information content (AvgIpc) is 2.83. The first-order chi connectivity index (χ1) is 16.3. The summed E-state index contributed by atoms with van der Waals surface area (Å²) in [6, 6.07) is 12.4. The highest BCUT2D eigenvalue weighted by Crippen LogP contribution is 2.47. The van der Waals surface area contributed by atoms with Gasteiger partial charge in [-0.1, -0.05) is 24.3 Å². The maximum absolute atomic E-state index is 14.8. The number of benzene rings is 2. The summed E-state index contributed by atoms with van der Waals surface area (Å²) in [7, 11) is -3.09. The Bertz CT molecular complexity index is 1500. The van der Waals surface area contributed by atoms with Crippen molar-refractivity contribution in [1.29, 1.82) is 0 Å². The molecule has 10 heteroatoms. The zero-order valence-corrected chi connectivity index (χ0v) is 18.9. The molecule has 1 N–H and O–H groups in total. The number of nitrogens with zero attached hydrogens (tertiary/aromatic N) is 3. The third-order valence-corrected chi connectivity index (χ3v) is 9.21. The molecular formula is C24H20F3N4O2P. The smallest absolute Gasteiger partial charge is 0.272 e. The summed E-state index contributed by atoms with van der Waals surface area (Å²) in [6.45, 7) is 0.422. The monoisotopic (exact) mass is 484 g/mol. The minimum absolute atomic E-state index is 0.00195. The van der Waals surface area contributed by atoms with Crippen LogP contribution in [0.3, 0.4) is 0 Å². The number of hydrogen-bond acceptors (Lipinski definition) is 5. The Hall–Kier alpha value is -3.45. The summed E-state index contributed by atoms with van der Waals surface area (Å²) in [5.41, 5.74) is 1.05. The predicted octanol–water partition coefficient (Wildman–Crippen LogP) is 3.83. The van der Waals surface area contributed by atoms with Crippen molar-refractivity contribution in [2.45, 2.75) is 6.42 Å². The van der Waals surface area contributed by atoms with Gasteiger partial charge in [-0.05, 0) is 23.8 Å². The summed E-state index contributed by atoms with van der Waals surface area (Å²) in [5, 5.41) is 8.02. The van der Waals surface area contributed by atoms with Crippen LogP contribution in [-0.4, -0.2) is 40.6 Å². The lowest BCUT2D eigenvalue weighted by molar-refractivity contribution is 0.558. The molecule has 0 spiro atoms. The number of nitrogens with one attached hydrogen (secondary N) is 1. The van der Waals surface area contributed by atoms with Gasteiger partial charge in [0, 0.05) is 48.6 Å². The van der Waals surface area contributed by atoms with Crippen molar-refractivity contribution in [3.8, 4) is 0 Å². The second kappa shape index (κ2) is 8.72. The van der Waals surface area contributed by atoms with Gasteiger partial charge in [-0.15, -0.1) is 0 Å². The molecule has 0 saturated carbocycles. The molecule has 0 atom stereocenters. The minimum Gasteiger partial charge on any atom is -0.353 e. The van der Waals surface area contributed by atoms with Gasteiger partial charge in [0.05, 0.1) is 17.3 Å². The highest BCUT2D eigenvalue weighted by molar-refractivity contribution is 7.71. The SMILES string of the molecule is O=c1[nH]nc(Cc2ccc(F)c(P3(=O)CCN(c4ncc(F)cc4F)CC3)c2)c2ccccc12. The van der Waals surface area contributed by atoms with Crippen molar-refractivity contribution in [1.82, 2.24) is 15.2 Å². The molecule has 0 amide bonds. The van der Waals surface area contributed by atoms with Crippen LogP contribution in [0, 0.1) is 17.5 Å². The molecule has 6 nitrogen and oxygen atoms in total. The first kappa shape index (κ1) is 22.3. The van der Waals surface area contributed by atoms with Crippen molar-refractivity contribution in [2.75, 3.05) is 30.3 Å². The van der Waals surface area contributed by atoms with Gasteiger partial charge in [0.25, 0.3) is 5.56 Å².